The number of pyridine rings is 1. The van der Waals surface area contributed by atoms with E-state index in [9.17, 15) is 13.2 Å². The van der Waals surface area contributed by atoms with E-state index >= 15 is 0 Å². The number of hydrogen-bond donors (Lipinski definition) is 0. The zero-order valence-electron chi connectivity index (χ0n) is 8.91. The van der Waals surface area contributed by atoms with Gasteiger partial charge < -0.3 is 4.74 Å². The molecule has 1 heterocycles. The minimum absolute atomic E-state index is 0.109. The van der Waals surface area contributed by atoms with Gasteiger partial charge in [-0.1, -0.05) is 6.07 Å². The smallest absolute Gasteiger partial charge is 0.266 e. The number of hydrogen-bond acceptors (Lipinski definition) is 2. The normalized spacial score (nSPS) is 10.7. The van der Waals surface area contributed by atoms with Gasteiger partial charge >= 0.3 is 0 Å². The van der Waals surface area contributed by atoms with Gasteiger partial charge in [0.15, 0.2) is 0 Å². The van der Waals surface area contributed by atoms with Gasteiger partial charge in [-0.25, -0.2) is 18.2 Å². The van der Waals surface area contributed by atoms with Crippen molar-refractivity contribution in [1.82, 2.24) is 4.98 Å². The minimum atomic E-state index is -2.89. The van der Waals surface area contributed by atoms with Crippen LogP contribution < -0.4 is 4.74 Å². The minimum Gasteiger partial charge on any atom is -0.439 e. The van der Waals surface area contributed by atoms with Gasteiger partial charge in [-0.3, -0.25) is 0 Å². The van der Waals surface area contributed by atoms with Crippen molar-refractivity contribution in [3.8, 4) is 11.6 Å². The highest BCUT2D eigenvalue weighted by Crippen LogP contribution is 2.28. The van der Waals surface area contributed by atoms with Gasteiger partial charge in [0.1, 0.15) is 16.2 Å². The van der Waals surface area contributed by atoms with E-state index in [2.05, 4.69) is 20.9 Å². The van der Waals surface area contributed by atoms with Crippen LogP contribution in [0.15, 0.2) is 41.0 Å². The molecule has 0 aliphatic carbocycles. The highest BCUT2D eigenvalue weighted by atomic mass is 79.9. The van der Waals surface area contributed by atoms with E-state index in [1.165, 1.54) is 6.07 Å². The summed E-state index contributed by atoms with van der Waals surface area (Å²) in [6.45, 7) is 0. The number of ether oxygens (including phenoxy) is 1. The first-order valence-corrected chi connectivity index (χ1v) is 5.73. The SMILES string of the molecule is Fc1ccc(Oc2cccc(Br)n2)cc1C(F)F. The molecule has 94 valence electrons. The number of nitrogens with zero attached hydrogens (tertiary/aromatic N) is 1. The summed E-state index contributed by atoms with van der Waals surface area (Å²) in [5.74, 6) is -0.618. The van der Waals surface area contributed by atoms with Crippen molar-refractivity contribution in [1.29, 1.82) is 0 Å². The summed E-state index contributed by atoms with van der Waals surface area (Å²) in [7, 11) is 0. The molecule has 0 N–H and O–H groups in total. The van der Waals surface area contributed by atoms with E-state index in [0.717, 1.165) is 12.1 Å². The molecule has 2 nitrogen and oxygen atoms in total. The molecule has 0 aliphatic heterocycles. The van der Waals surface area contributed by atoms with Gasteiger partial charge in [-0.2, -0.15) is 0 Å². The van der Waals surface area contributed by atoms with Crippen LogP contribution >= 0.6 is 15.9 Å². The summed E-state index contributed by atoms with van der Waals surface area (Å²) >= 11 is 3.15. The largest absolute Gasteiger partial charge is 0.439 e. The first kappa shape index (κ1) is 12.9. The fourth-order valence-corrected chi connectivity index (χ4v) is 1.65. The summed E-state index contributed by atoms with van der Waals surface area (Å²) < 4.78 is 43.9. The Morgan fingerprint density at radius 3 is 2.61 bits per heavy atom. The second-order valence-electron chi connectivity index (χ2n) is 3.38. The number of benzene rings is 1. The summed E-state index contributed by atoms with van der Waals surface area (Å²) in [5, 5.41) is 0. The third-order valence-electron chi connectivity index (χ3n) is 2.11. The third-order valence-corrected chi connectivity index (χ3v) is 2.56. The Bertz CT molecular complexity index is 563. The average Bonchev–Trinajstić information content (AvgIpc) is 2.31. The molecule has 0 aliphatic rings. The Balaban J connectivity index is 2.27. The summed E-state index contributed by atoms with van der Waals surface area (Å²) in [5.41, 5.74) is -0.692. The van der Waals surface area contributed by atoms with Crippen LogP contribution in [0, 0.1) is 5.82 Å². The lowest BCUT2D eigenvalue weighted by molar-refractivity contribution is 0.146. The lowest BCUT2D eigenvalue weighted by atomic mass is 10.2. The monoisotopic (exact) mass is 317 g/mol. The number of halogens is 4. The van der Waals surface area contributed by atoms with Crippen LogP contribution in [0.4, 0.5) is 13.2 Å². The van der Waals surface area contributed by atoms with Gasteiger partial charge in [0.25, 0.3) is 6.43 Å². The van der Waals surface area contributed by atoms with E-state index in [1.54, 1.807) is 18.2 Å². The molecule has 0 unspecified atom stereocenters. The number of alkyl halides is 2. The van der Waals surface area contributed by atoms with Gasteiger partial charge in [0, 0.05) is 6.07 Å². The van der Waals surface area contributed by atoms with E-state index < -0.39 is 17.8 Å². The predicted molar refractivity (Wildman–Crippen MR) is 63.4 cm³/mol. The Kier molecular flexibility index (Phi) is 3.86. The maximum atomic E-state index is 13.1. The molecule has 0 atom stereocenters. The Morgan fingerprint density at radius 1 is 1.17 bits per heavy atom. The Labute approximate surface area is 110 Å². The van der Waals surface area contributed by atoms with E-state index in [4.69, 9.17) is 4.74 Å². The van der Waals surface area contributed by atoms with Gasteiger partial charge in [-0.15, -0.1) is 0 Å². The van der Waals surface area contributed by atoms with Crippen molar-refractivity contribution in [2.24, 2.45) is 0 Å². The van der Waals surface area contributed by atoms with Crippen molar-refractivity contribution in [3.63, 3.8) is 0 Å². The second kappa shape index (κ2) is 5.39. The molecule has 0 amide bonds. The highest BCUT2D eigenvalue weighted by Gasteiger charge is 2.14. The molecule has 1 aromatic heterocycles. The van der Waals surface area contributed by atoms with Crippen LogP contribution in [0.3, 0.4) is 0 Å². The molecule has 6 heteroatoms. The topological polar surface area (TPSA) is 22.1 Å². The van der Waals surface area contributed by atoms with Gasteiger partial charge in [-0.05, 0) is 40.2 Å². The molecule has 0 saturated carbocycles. The molecular formula is C12H7BrF3NO. The maximum absolute atomic E-state index is 13.1. The molecule has 0 bridgehead atoms. The molecule has 1 aromatic carbocycles. The van der Waals surface area contributed by atoms with Crippen molar-refractivity contribution in [3.05, 3.63) is 52.4 Å². The Morgan fingerprint density at radius 2 is 1.94 bits per heavy atom. The average molecular weight is 318 g/mol. The van der Waals surface area contributed by atoms with Crippen LogP contribution in [0.25, 0.3) is 0 Å². The predicted octanol–water partition coefficient (Wildman–Crippen LogP) is 4.71. The zero-order chi connectivity index (χ0) is 13.1. The van der Waals surface area contributed by atoms with E-state index in [-0.39, 0.29) is 11.6 Å². The highest BCUT2D eigenvalue weighted by molar-refractivity contribution is 9.10. The number of rotatable bonds is 3. The van der Waals surface area contributed by atoms with Crippen molar-refractivity contribution in [2.45, 2.75) is 6.43 Å². The Hall–Kier alpha value is -1.56. The lowest BCUT2D eigenvalue weighted by Crippen LogP contribution is -1.93. The first-order valence-electron chi connectivity index (χ1n) is 4.94. The summed E-state index contributed by atoms with van der Waals surface area (Å²) in [6, 6.07) is 8.11. The fraction of sp³-hybridized carbons (Fsp3) is 0.0833. The van der Waals surface area contributed by atoms with Crippen LogP contribution in [0.2, 0.25) is 0 Å². The molecular weight excluding hydrogens is 311 g/mol. The van der Waals surface area contributed by atoms with Crippen LogP contribution in [0.1, 0.15) is 12.0 Å². The van der Waals surface area contributed by atoms with E-state index in [1.807, 2.05) is 0 Å². The van der Waals surface area contributed by atoms with Crippen LogP contribution in [-0.2, 0) is 0 Å². The van der Waals surface area contributed by atoms with Gasteiger partial charge in [0.05, 0.1) is 5.56 Å². The van der Waals surface area contributed by atoms with Crippen LogP contribution in [0.5, 0.6) is 11.6 Å². The quantitative estimate of drug-likeness (QED) is 0.765. The zero-order valence-corrected chi connectivity index (χ0v) is 10.5. The molecule has 2 aromatic rings. The first-order chi connectivity index (χ1) is 8.56. The molecule has 0 fully saturated rings. The fourth-order valence-electron chi connectivity index (χ4n) is 1.32. The molecule has 2 rings (SSSR count). The third kappa shape index (κ3) is 3.01. The summed E-state index contributed by atoms with van der Waals surface area (Å²) in [4.78, 5) is 3.98. The lowest BCUT2D eigenvalue weighted by Gasteiger charge is -2.07. The van der Waals surface area contributed by atoms with Crippen molar-refractivity contribution < 1.29 is 17.9 Å². The van der Waals surface area contributed by atoms with E-state index in [0.29, 0.717) is 4.60 Å². The molecule has 18 heavy (non-hydrogen) atoms. The van der Waals surface area contributed by atoms with Crippen molar-refractivity contribution >= 4 is 15.9 Å². The second-order valence-corrected chi connectivity index (χ2v) is 4.20. The standard InChI is InChI=1S/C12H7BrF3NO/c13-10-2-1-3-11(17-10)18-7-4-5-9(14)8(6-7)12(15)16/h1-6,12H. The van der Waals surface area contributed by atoms with Crippen molar-refractivity contribution in [2.75, 3.05) is 0 Å². The number of aromatic nitrogens is 1. The maximum Gasteiger partial charge on any atom is 0.266 e. The molecule has 0 saturated heterocycles. The van der Waals surface area contributed by atoms with Gasteiger partial charge in [0.2, 0.25) is 5.88 Å². The van der Waals surface area contributed by atoms with Crippen LogP contribution in [-0.4, -0.2) is 4.98 Å². The molecule has 0 radical (unpaired) electrons. The molecule has 0 spiro atoms. The summed E-state index contributed by atoms with van der Waals surface area (Å²) in [6.07, 6.45) is -2.89.